The molecule has 5 heterocycles. The second-order valence-corrected chi connectivity index (χ2v) is 26.1. The molecular weight excluding hydrogens is 1330 g/mol. The van der Waals surface area contributed by atoms with E-state index in [1.807, 2.05) is 91.9 Å². The fraction of sp³-hybridized carbons (Fsp3) is 0.276. The van der Waals surface area contributed by atoms with Crippen molar-refractivity contribution < 1.29 is 59.9 Å². The summed E-state index contributed by atoms with van der Waals surface area (Å²) < 4.78 is 94.7. The summed E-state index contributed by atoms with van der Waals surface area (Å²) in [6.45, 7) is 11.3. The smallest absolute Gasteiger partial charge is 0.163 e. The fourth-order valence-corrected chi connectivity index (χ4v) is 11.4. The first-order valence-electron chi connectivity index (χ1n) is 32.8. The number of benzene rings is 7. The Bertz CT molecular complexity index is 4700. The number of aliphatic hydroxyl groups excluding tert-OH is 1. The molecule has 0 amide bonds. The van der Waals surface area contributed by atoms with Gasteiger partial charge in [0, 0.05) is 109 Å². The van der Waals surface area contributed by atoms with Gasteiger partial charge in [-0.2, -0.15) is 0 Å². The van der Waals surface area contributed by atoms with Gasteiger partial charge in [0.05, 0.1) is 73.5 Å². The number of rotatable bonds is 30. The highest BCUT2D eigenvalue weighted by atomic mass is 35.5. The summed E-state index contributed by atoms with van der Waals surface area (Å²) in [5.74, 6) is 4.53. The minimum absolute atomic E-state index is 0.0733. The minimum atomic E-state index is -3.01. The quantitative estimate of drug-likeness (QED) is 0.0263. The summed E-state index contributed by atoms with van der Waals surface area (Å²) in [7, 11) is 0.258. The molecule has 0 saturated carbocycles. The molecule has 0 aliphatic carbocycles. The maximum Gasteiger partial charge on any atom is 0.163 e. The molecule has 12 rings (SSSR count). The number of furan rings is 1. The zero-order valence-electron chi connectivity index (χ0n) is 56.8. The Labute approximate surface area is 590 Å². The van der Waals surface area contributed by atoms with Crippen LogP contribution in [-0.2, 0) is 43.8 Å². The van der Waals surface area contributed by atoms with Crippen molar-refractivity contribution >= 4 is 94.6 Å². The SMILES string of the molecule is CC=Cc1cccc(Nc2ncnc3cc(OCCOC)c(OCCOC)cc23)c1.CS(=O)(=O)CCNCc1ccc(-c2ccc3nccc(Nc4ccc(OCc5cccc(F)c5)c(Cl)c4)c3c2)o1.Cc1cc(Nc2ncnc3cc(CO)c(OCCCN4CCOCC4)cc23)ccc1F. The van der Waals surface area contributed by atoms with Gasteiger partial charge in [-0.05, 0) is 152 Å². The number of halogens is 3. The van der Waals surface area contributed by atoms with E-state index < -0.39 is 9.84 Å². The number of allylic oxidation sites excluding steroid dienone is 1. The number of nitrogens with zero attached hydrogens (tertiary/aromatic N) is 6. The van der Waals surface area contributed by atoms with Crippen LogP contribution in [0.2, 0.25) is 5.02 Å². The van der Waals surface area contributed by atoms with Crippen LogP contribution in [0.5, 0.6) is 23.0 Å². The Morgan fingerprint density at radius 2 is 1.35 bits per heavy atom. The maximum atomic E-state index is 13.6. The number of methoxy groups -OCH3 is 2. The predicted molar refractivity (Wildman–Crippen MR) is 392 cm³/mol. The third-order valence-corrected chi connectivity index (χ3v) is 17.1. The lowest BCUT2D eigenvalue weighted by molar-refractivity contribution is 0.0357. The second-order valence-electron chi connectivity index (χ2n) is 23.4. The molecule has 0 spiro atoms. The maximum absolute atomic E-state index is 13.6. The average Bonchev–Trinajstić information content (AvgIpc) is 1.57. The van der Waals surface area contributed by atoms with Gasteiger partial charge in [-0.1, -0.05) is 48.0 Å². The van der Waals surface area contributed by atoms with Gasteiger partial charge in [0.25, 0.3) is 0 Å². The molecule has 1 aliphatic heterocycles. The number of nitrogens with one attached hydrogen (secondary N) is 4. The van der Waals surface area contributed by atoms with Gasteiger partial charge in [-0.25, -0.2) is 37.1 Å². The minimum Gasteiger partial charge on any atom is -0.493 e. The van der Waals surface area contributed by atoms with Crippen molar-refractivity contribution in [2.45, 2.75) is 40.0 Å². The van der Waals surface area contributed by atoms with Gasteiger partial charge >= 0.3 is 0 Å². The topological polar surface area (TPSA) is 248 Å². The average molecular weight is 1420 g/mol. The molecule has 0 bridgehead atoms. The van der Waals surface area contributed by atoms with Crippen LogP contribution < -0.4 is 40.2 Å². The Balaban J connectivity index is 0.000000166. The van der Waals surface area contributed by atoms with Crippen molar-refractivity contribution in [3.63, 3.8) is 0 Å². The molecule has 11 aromatic rings. The molecule has 1 aliphatic rings. The summed E-state index contributed by atoms with van der Waals surface area (Å²) in [6, 6.07) is 43.5. The van der Waals surface area contributed by atoms with E-state index in [2.05, 4.69) is 69.3 Å². The van der Waals surface area contributed by atoms with E-state index >= 15 is 0 Å². The number of aromatic nitrogens is 5. The number of fused-ring (bicyclic) bond motifs is 3. The van der Waals surface area contributed by atoms with Crippen LogP contribution in [0, 0.1) is 18.6 Å². The van der Waals surface area contributed by atoms with Crippen LogP contribution in [0.1, 0.15) is 41.4 Å². The van der Waals surface area contributed by atoms with Crippen molar-refractivity contribution in [1.82, 2.24) is 35.1 Å². The van der Waals surface area contributed by atoms with Crippen molar-refractivity contribution in [3.8, 4) is 34.3 Å². The van der Waals surface area contributed by atoms with Crippen LogP contribution in [0.25, 0.3) is 50.1 Å². The van der Waals surface area contributed by atoms with E-state index in [0.717, 1.165) is 100 Å². The van der Waals surface area contributed by atoms with E-state index in [4.69, 9.17) is 49.2 Å². The molecule has 4 aromatic heterocycles. The van der Waals surface area contributed by atoms with Crippen molar-refractivity contribution in [2.75, 3.05) is 115 Å². The summed E-state index contributed by atoms with van der Waals surface area (Å²) in [5.41, 5.74) is 9.47. The van der Waals surface area contributed by atoms with Gasteiger partial charge in [-0.15, -0.1) is 0 Å². The number of hydrogen-bond donors (Lipinski definition) is 5. The van der Waals surface area contributed by atoms with Gasteiger partial charge < -0.3 is 63.9 Å². The Hall–Kier alpha value is -9.89. The summed E-state index contributed by atoms with van der Waals surface area (Å²) in [6.07, 6.45) is 10.9. The van der Waals surface area contributed by atoms with Crippen LogP contribution in [-0.4, -0.2) is 142 Å². The third-order valence-electron chi connectivity index (χ3n) is 15.8. The van der Waals surface area contributed by atoms with Gasteiger partial charge in [0.2, 0.25) is 0 Å². The first-order chi connectivity index (χ1) is 49.1. The number of aryl methyl sites for hydroxylation is 1. The Morgan fingerprint density at radius 3 is 2.05 bits per heavy atom. The third kappa shape index (κ3) is 21.8. The van der Waals surface area contributed by atoms with E-state index in [0.29, 0.717) is 120 Å². The molecule has 1 saturated heterocycles. The van der Waals surface area contributed by atoms with Crippen LogP contribution in [0.15, 0.2) is 175 Å². The van der Waals surface area contributed by atoms with E-state index in [1.54, 1.807) is 63.7 Å². The number of aliphatic hydroxyl groups is 1. The highest BCUT2D eigenvalue weighted by Gasteiger charge is 2.17. The number of morpholine rings is 1. The zero-order valence-corrected chi connectivity index (χ0v) is 58.4. The summed E-state index contributed by atoms with van der Waals surface area (Å²) in [4.78, 5) is 24.4. The monoisotopic (exact) mass is 1410 g/mol. The highest BCUT2D eigenvalue weighted by Crippen LogP contribution is 2.38. The number of ether oxygens (including phenoxy) is 7. The van der Waals surface area contributed by atoms with E-state index in [1.165, 1.54) is 37.1 Å². The van der Waals surface area contributed by atoms with Crippen molar-refractivity contribution in [2.24, 2.45) is 0 Å². The van der Waals surface area contributed by atoms with Crippen molar-refractivity contribution in [3.05, 3.63) is 215 Å². The molecule has 0 radical (unpaired) electrons. The second kappa shape index (κ2) is 37.0. The molecule has 21 nitrogen and oxygen atoms in total. The predicted octanol–water partition coefficient (Wildman–Crippen LogP) is 14.6. The number of hydrogen-bond acceptors (Lipinski definition) is 21. The lowest BCUT2D eigenvalue weighted by Crippen LogP contribution is -2.37. The molecular formula is C76H81ClF2N10O11S. The highest BCUT2D eigenvalue weighted by molar-refractivity contribution is 7.90. The Morgan fingerprint density at radius 1 is 0.653 bits per heavy atom. The van der Waals surface area contributed by atoms with Gasteiger partial charge in [-0.3, -0.25) is 9.88 Å². The molecule has 528 valence electrons. The van der Waals surface area contributed by atoms with Gasteiger partial charge in [0.1, 0.15) is 88.6 Å². The van der Waals surface area contributed by atoms with Crippen LogP contribution >= 0.6 is 11.6 Å². The van der Waals surface area contributed by atoms with Crippen LogP contribution in [0.3, 0.4) is 0 Å². The molecule has 0 unspecified atom stereocenters. The molecule has 5 N–H and O–H groups in total. The fourth-order valence-electron chi connectivity index (χ4n) is 10.7. The number of anilines is 6. The largest absolute Gasteiger partial charge is 0.493 e. The zero-order chi connectivity index (χ0) is 70.9. The summed E-state index contributed by atoms with van der Waals surface area (Å²) >= 11 is 6.49. The lowest BCUT2D eigenvalue weighted by atomic mass is 10.1. The van der Waals surface area contributed by atoms with Crippen LogP contribution in [0.4, 0.5) is 43.2 Å². The Kier molecular flexibility index (Phi) is 27.0. The standard InChI is InChI=1S/C30H27ClFN3O4S.C23H27FN4O3.C23H27N3O4/c1-40(36,37)14-13-33-18-24-7-10-29(39-24)21-5-8-27-25(16-21)28(11-12-34-27)35-23-6-9-30(26(31)17-23)38-19-20-3-2-4-22(32)15-20;1-16-11-18(3-4-20(16)24)27-23-19-13-22(17(14-29)12-21(19)25-15-26-23)31-8-2-5-28-6-9-30-10-7-28;1-4-6-17-7-5-8-18(13-17)26-23-19-14-21(29-11-9-27-2)22(30-12-10-28-3)15-20(19)24-16-25-23/h2-12,15-17,33H,13-14,18-19H2,1H3,(H,34,35);3-4,11-13,15,29H,2,5-10,14H2,1H3,(H,25,26,27);4-8,13-16H,9-12H2,1-3H3,(H,24,25,26). The first kappa shape index (κ1) is 73.8. The molecule has 1 fully saturated rings. The van der Waals surface area contributed by atoms with Crippen molar-refractivity contribution in [1.29, 1.82) is 0 Å². The molecule has 25 heteroatoms. The molecule has 7 aromatic carbocycles. The first-order valence-corrected chi connectivity index (χ1v) is 35.2. The number of pyridine rings is 1. The van der Waals surface area contributed by atoms with E-state index in [-0.39, 0.29) is 30.6 Å². The number of sulfone groups is 1. The molecule has 0 atom stereocenters. The normalized spacial score (nSPS) is 12.4. The summed E-state index contributed by atoms with van der Waals surface area (Å²) in [5, 5.41) is 25.8. The molecule has 101 heavy (non-hydrogen) atoms. The lowest BCUT2D eigenvalue weighted by Gasteiger charge is -2.26. The van der Waals surface area contributed by atoms with E-state index in [9.17, 15) is 22.3 Å². The van der Waals surface area contributed by atoms with Gasteiger partial charge in [0.15, 0.2) is 11.5 Å².